The van der Waals surface area contributed by atoms with Crippen LogP contribution in [0, 0.1) is 12.8 Å². The Morgan fingerprint density at radius 1 is 1.10 bits per heavy atom. The number of aliphatic imine (C=N–C) groups is 1. The van der Waals surface area contributed by atoms with Gasteiger partial charge in [-0.25, -0.2) is 4.79 Å². The molecule has 6 heteroatoms. The first kappa shape index (κ1) is 20.1. The zero-order chi connectivity index (χ0) is 21.4. The molecule has 1 aromatic heterocycles. The van der Waals surface area contributed by atoms with Gasteiger partial charge in [-0.05, 0) is 56.0 Å². The van der Waals surface area contributed by atoms with Crippen molar-refractivity contribution >= 4 is 17.5 Å². The molecule has 4 rings (SSSR count). The summed E-state index contributed by atoms with van der Waals surface area (Å²) in [6.45, 7) is 3.63. The van der Waals surface area contributed by atoms with E-state index in [0.717, 1.165) is 22.8 Å². The number of esters is 1. The molecule has 0 saturated heterocycles. The Balaban J connectivity index is 1.77. The first-order valence-electron chi connectivity index (χ1n) is 10.0. The van der Waals surface area contributed by atoms with Crippen LogP contribution in [0.2, 0.25) is 0 Å². The van der Waals surface area contributed by atoms with Gasteiger partial charge in [0.05, 0.1) is 31.6 Å². The summed E-state index contributed by atoms with van der Waals surface area (Å²) in [7, 11) is 2.97. The van der Waals surface area contributed by atoms with E-state index in [4.69, 9.17) is 18.9 Å². The van der Waals surface area contributed by atoms with Crippen LogP contribution in [0.3, 0.4) is 0 Å². The van der Waals surface area contributed by atoms with E-state index in [1.54, 1.807) is 14.0 Å². The molecule has 3 atom stereocenters. The quantitative estimate of drug-likeness (QED) is 0.705. The van der Waals surface area contributed by atoms with Crippen LogP contribution in [0.1, 0.15) is 48.7 Å². The van der Waals surface area contributed by atoms with E-state index in [0.29, 0.717) is 29.9 Å². The van der Waals surface area contributed by atoms with Crippen molar-refractivity contribution in [2.24, 2.45) is 10.9 Å². The molecule has 0 radical (unpaired) electrons. The molecule has 1 saturated carbocycles. The van der Waals surface area contributed by atoms with Crippen molar-refractivity contribution in [1.29, 1.82) is 0 Å². The van der Waals surface area contributed by atoms with Gasteiger partial charge in [0, 0.05) is 17.8 Å². The first-order chi connectivity index (χ1) is 14.4. The van der Waals surface area contributed by atoms with Crippen LogP contribution in [-0.4, -0.2) is 31.7 Å². The molecule has 1 aliphatic carbocycles. The van der Waals surface area contributed by atoms with Crippen molar-refractivity contribution in [3.63, 3.8) is 0 Å². The fourth-order valence-corrected chi connectivity index (χ4v) is 4.61. The molecule has 1 fully saturated rings. The Bertz CT molecular complexity index is 1060. The van der Waals surface area contributed by atoms with Crippen LogP contribution in [-0.2, 0) is 14.3 Å². The minimum absolute atomic E-state index is 0.0223. The number of carbonyl (C=O) groups is 2. The van der Waals surface area contributed by atoms with E-state index in [1.807, 2.05) is 43.3 Å². The van der Waals surface area contributed by atoms with Crippen molar-refractivity contribution < 1.29 is 23.5 Å². The highest BCUT2D eigenvalue weighted by atomic mass is 16.5. The van der Waals surface area contributed by atoms with E-state index in [-0.39, 0.29) is 11.7 Å². The average molecular weight is 407 g/mol. The second-order valence-electron chi connectivity index (χ2n) is 7.85. The number of ketones is 1. The maximum atomic E-state index is 13.4. The molecule has 2 heterocycles. The molecule has 2 aromatic rings. The fraction of sp³-hybridized carbons (Fsp3) is 0.375. The lowest BCUT2D eigenvalue weighted by Crippen LogP contribution is -2.41. The third-order valence-corrected chi connectivity index (χ3v) is 5.99. The summed E-state index contributed by atoms with van der Waals surface area (Å²) in [5.41, 5.74) is 2.82. The van der Waals surface area contributed by atoms with Crippen molar-refractivity contribution in [2.75, 3.05) is 14.2 Å². The molecule has 1 aliphatic heterocycles. The molecular weight excluding hydrogens is 382 g/mol. The average Bonchev–Trinajstić information content (AvgIpc) is 3.18. The number of ether oxygens (including phenoxy) is 2. The molecule has 1 aromatic carbocycles. The van der Waals surface area contributed by atoms with E-state index in [2.05, 4.69) is 0 Å². The highest BCUT2D eigenvalue weighted by molar-refractivity contribution is 6.12. The van der Waals surface area contributed by atoms with Gasteiger partial charge in [-0.3, -0.25) is 9.79 Å². The van der Waals surface area contributed by atoms with E-state index < -0.39 is 17.8 Å². The molecule has 2 aliphatic rings. The summed E-state index contributed by atoms with van der Waals surface area (Å²) < 4.78 is 16.2. The Morgan fingerprint density at radius 2 is 1.90 bits per heavy atom. The third kappa shape index (κ3) is 3.47. The Morgan fingerprint density at radius 3 is 2.57 bits per heavy atom. The van der Waals surface area contributed by atoms with Gasteiger partial charge in [-0.1, -0.05) is 12.1 Å². The highest BCUT2D eigenvalue weighted by Crippen LogP contribution is 2.46. The zero-order valence-electron chi connectivity index (χ0n) is 17.6. The van der Waals surface area contributed by atoms with Gasteiger partial charge in [0.1, 0.15) is 23.1 Å². The lowest BCUT2D eigenvalue weighted by Gasteiger charge is -2.37. The number of hydrogen-bond acceptors (Lipinski definition) is 6. The molecule has 0 amide bonds. The number of allylic oxidation sites excluding steroid dienone is 1. The topological polar surface area (TPSA) is 78.1 Å². The largest absolute Gasteiger partial charge is 0.497 e. The summed E-state index contributed by atoms with van der Waals surface area (Å²) >= 11 is 0. The van der Waals surface area contributed by atoms with Crippen LogP contribution < -0.4 is 4.74 Å². The Labute approximate surface area is 175 Å². The maximum Gasteiger partial charge on any atom is 0.336 e. The summed E-state index contributed by atoms with van der Waals surface area (Å²) in [4.78, 5) is 30.7. The van der Waals surface area contributed by atoms with Gasteiger partial charge in [-0.2, -0.15) is 0 Å². The van der Waals surface area contributed by atoms with Gasteiger partial charge in [0.15, 0.2) is 0 Å². The van der Waals surface area contributed by atoms with Crippen molar-refractivity contribution in [3.05, 3.63) is 64.8 Å². The van der Waals surface area contributed by atoms with Gasteiger partial charge < -0.3 is 13.9 Å². The number of rotatable bonds is 4. The second kappa shape index (κ2) is 7.94. The number of Topliss-reactive ketones (excluding diaryl/α,β-unsaturated/α-hetero) is 1. The van der Waals surface area contributed by atoms with E-state index >= 15 is 0 Å². The normalized spacial score (nSPS) is 23.7. The molecular formula is C24H25NO5. The van der Waals surface area contributed by atoms with Crippen LogP contribution in [0.15, 0.2) is 57.1 Å². The van der Waals surface area contributed by atoms with Crippen LogP contribution in [0.5, 0.6) is 5.75 Å². The Hall–Kier alpha value is -3.15. The maximum absolute atomic E-state index is 13.4. The predicted molar refractivity (Wildman–Crippen MR) is 112 cm³/mol. The zero-order valence-corrected chi connectivity index (χ0v) is 17.6. The minimum Gasteiger partial charge on any atom is -0.497 e. The number of furan rings is 1. The molecule has 0 N–H and O–H groups in total. The van der Waals surface area contributed by atoms with Crippen LogP contribution in [0.4, 0.5) is 0 Å². The van der Waals surface area contributed by atoms with Gasteiger partial charge >= 0.3 is 5.97 Å². The van der Waals surface area contributed by atoms with Crippen molar-refractivity contribution in [1.82, 2.24) is 0 Å². The number of carbonyl (C=O) groups excluding carboxylic acids is 2. The number of nitrogens with zero attached hydrogens (tertiary/aromatic N) is 1. The standard InChI is InChI=1S/C24H25NO5/c1-13-8-9-20(30-13)23-21(24(27)29-4)14(2)25-18-11-16(12-19(26)22(18)23)15-6-5-7-17(10-15)28-3/h5-10,16,22-23H,11-12H2,1-4H3/t16-,22?,23-/m0/s1. The number of fused-ring (bicyclic) bond motifs is 1. The highest BCUT2D eigenvalue weighted by Gasteiger charge is 2.47. The lowest BCUT2D eigenvalue weighted by molar-refractivity contribution is -0.136. The summed E-state index contributed by atoms with van der Waals surface area (Å²) in [6.07, 6.45) is 1.02. The van der Waals surface area contributed by atoms with Crippen LogP contribution >= 0.6 is 0 Å². The molecule has 6 nitrogen and oxygen atoms in total. The van der Waals surface area contributed by atoms with Crippen LogP contribution in [0.25, 0.3) is 0 Å². The van der Waals surface area contributed by atoms with Gasteiger partial charge in [0.2, 0.25) is 0 Å². The second-order valence-corrected chi connectivity index (χ2v) is 7.85. The molecule has 156 valence electrons. The van der Waals surface area contributed by atoms with Crippen molar-refractivity contribution in [2.45, 2.75) is 38.5 Å². The smallest absolute Gasteiger partial charge is 0.336 e. The third-order valence-electron chi connectivity index (χ3n) is 5.99. The molecule has 1 unspecified atom stereocenters. The summed E-state index contributed by atoms with van der Waals surface area (Å²) in [5, 5.41) is 0. The number of methoxy groups -OCH3 is 2. The van der Waals surface area contributed by atoms with E-state index in [1.165, 1.54) is 7.11 Å². The monoisotopic (exact) mass is 407 g/mol. The first-order valence-corrected chi connectivity index (χ1v) is 10.0. The Kier molecular flexibility index (Phi) is 5.33. The lowest BCUT2D eigenvalue weighted by atomic mass is 9.67. The SMILES string of the molecule is COC(=O)C1=C(C)N=C2C[C@H](c3cccc(OC)c3)CC(=O)C2[C@H]1c1ccc(C)o1. The molecule has 30 heavy (non-hydrogen) atoms. The minimum atomic E-state index is -0.518. The van der Waals surface area contributed by atoms with E-state index in [9.17, 15) is 9.59 Å². The van der Waals surface area contributed by atoms with Crippen molar-refractivity contribution in [3.8, 4) is 5.75 Å². The number of benzene rings is 1. The fourth-order valence-electron chi connectivity index (χ4n) is 4.61. The summed E-state index contributed by atoms with van der Waals surface area (Å²) in [5.74, 6) is 0.659. The summed E-state index contributed by atoms with van der Waals surface area (Å²) in [6, 6.07) is 11.5. The molecule has 0 spiro atoms. The number of aryl methyl sites for hydroxylation is 1. The van der Waals surface area contributed by atoms with Gasteiger partial charge in [0.25, 0.3) is 0 Å². The van der Waals surface area contributed by atoms with Gasteiger partial charge in [-0.15, -0.1) is 0 Å². The molecule has 0 bridgehead atoms. The number of hydrogen-bond donors (Lipinski definition) is 0. The predicted octanol–water partition coefficient (Wildman–Crippen LogP) is 4.34.